The molecule has 0 fully saturated rings. The van der Waals surface area contributed by atoms with Crippen LogP contribution in [0.15, 0.2) is 60.7 Å². The largest absolute Gasteiger partial charge is 0.476 e. The van der Waals surface area contributed by atoms with Crippen molar-refractivity contribution in [3.8, 4) is 21.9 Å². The lowest BCUT2D eigenvalue weighted by atomic mass is 10.1. The van der Waals surface area contributed by atoms with Gasteiger partial charge in [0.2, 0.25) is 5.60 Å². The molecule has 0 radical (unpaired) electrons. The Hall–Kier alpha value is -2.02. The van der Waals surface area contributed by atoms with Crippen LogP contribution in [0.2, 0.25) is 0 Å². The van der Waals surface area contributed by atoms with E-state index in [0.717, 1.165) is 14.3 Å². The molecule has 0 atom stereocenters. The Kier molecular flexibility index (Phi) is 5.32. The number of carbonyl (C=O) groups excluding carboxylic acids is 1. The molecule has 3 nitrogen and oxygen atoms in total. The fourth-order valence-corrected chi connectivity index (χ4v) is 4.52. The molecule has 128 valence electrons. The third-order valence-electron chi connectivity index (χ3n) is 3.42. The van der Waals surface area contributed by atoms with Gasteiger partial charge in [0, 0.05) is 4.88 Å². The Morgan fingerprint density at radius 3 is 2.24 bits per heavy atom. The van der Waals surface area contributed by atoms with E-state index in [1.54, 1.807) is 58.8 Å². The molecule has 1 aromatic heterocycles. The second kappa shape index (κ2) is 7.47. The number of para-hydroxylation sites is 1. The number of esters is 1. The minimum Gasteiger partial charge on any atom is -0.476 e. The van der Waals surface area contributed by atoms with Crippen LogP contribution in [0.5, 0.6) is 11.5 Å². The van der Waals surface area contributed by atoms with Crippen LogP contribution in [0.3, 0.4) is 0 Å². The number of hydrogen-bond donors (Lipinski definition) is 0. The summed E-state index contributed by atoms with van der Waals surface area (Å²) in [6.07, 6.45) is 0. The minimum absolute atomic E-state index is 0.449. The van der Waals surface area contributed by atoms with Gasteiger partial charge in [-0.1, -0.05) is 51.1 Å². The van der Waals surface area contributed by atoms with E-state index in [-0.39, 0.29) is 0 Å². The highest BCUT2D eigenvalue weighted by Crippen LogP contribution is 2.30. The highest BCUT2D eigenvalue weighted by Gasteiger charge is 2.32. The fourth-order valence-electron chi connectivity index (χ4n) is 2.11. The zero-order valence-electron chi connectivity index (χ0n) is 13.7. The number of rotatable bonds is 5. The third-order valence-corrected chi connectivity index (χ3v) is 6.33. The maximum absolute atomic E-state index is 12.4. The van der Waals surface area contributed by atoms with Gasteiger partial charge in [0.15, 0.2) is 0 Å². The molecule has 0 unspecified atom stereocenters. The smallest absolute Gasteiger partial charge is 0.355 e. The first-order valence-electron chi connectivity index (χ1n) is 7.61. The van der Waals surface area contributed by atoms with E-state index < -0.39 is 11.6 Å². The Morgan fingerprint density at radius 1 is 0.960 bits per heavy atom. The van der Waals surface area contributed by atoms with Gasteiger partial charge in [0.05, 0.1) is 0 Å². The summed E-state index contributed by atoms with van der Waals surface area (Å²) in [4.78, 5) is 13.6. The molecule has 3 aromatic rings. The molecule has 0 saturated heterocycles. The van der Waals surface area contributed by atoms with Crippen molar-refractivity contribution in [2.75, 3.05) is 0 Å². The third kappa shape index (κ3) is 4.54. The normalized spacial score (nSPS) is 11.1. The summed E-state index contributed by atoms with van der Waals surface area (Å²) in [5.74, 6) is 0.658. The van der Waals surface area contributed by atoms with Crippen molar-refractivity contribution in [1.29, 1.82) is 0 Å². The summed E-state index contributed by atoms with van der Waals surface area (Å²) < 4.78 is 12.1. The molecular formula is C19H16O3S3. The van der Waals surface area contributed by atoms with Crippen LogP contribution in [0.1, 0.15) is 13.8 Å². The molecule has 3 rings (SSSR count). The Labute approximate surface area is 158 Å². The van der Waals surface area contributed by atoms with Gasteiger partial charge in [0.25, 0.3) is 0 Å². The molecule has 25 heavy (non-hydrogen) atoms. The number of carbonyl (C=O) groups is 1. The second-order valence-corrected chi connectivity index (χ2v) is 8.74. The van der Waals surface area contributed by atoms with Crippen molar-refractivity contribution in [2.45, 2.75) is 19.4 Å². The summed E-state index contributed by atoms with van der Waals surface area (Å²) in [7, 11) is 3.21. The van der Waals surface area contributed by atoms with Crippen molar-refractivity contribution in [3.63, 3.8) is 0 Å². The highest BCUT2D eigenvalue weighted by atomic mass is 32.9. The van der Waals surface area contributed by atoms with Crippen molar-refractivity contribution in [2.24, 2.45) is 0 Å². The van der Waals surface area contributed by atoms with Crippen molar-refractivity contribution < 1.29 is 14.3 Å². The topological polar surface area (TPSA) is 35.5 Å². The van der Waals surface area contributed by atoms with Crippen LogP contribution < -0.4 is 9.47 Å². The molecular weight excluding hydrogens is 372 g/mol. The van der Waals surface area contributed by atoms with Crippen molar-refractivity contribution >= 4 is 38.9 Å². The SMILES string of the molecule is CC(C)(Oc1ccccc1)C(=O)Oc1ccc(-c2cc(=S)ss2)cc1. The quantitative estimate of drug-likeness (QED) is 0.233. The number of benzene rings is 2. The van der Waals surface area contributed by atoms with E-state index in [0.29, 0.717) is 11.5 Å². The summed E-state index contributed by atoms with van der Waals surface area (Å²) in [6, 6.07) is 18.6. The molecule has 0 aliphatic heterocycles. The van der Waals surface area contributed by atoms with Gasteiger partial charge >= 0.3 is 5.97 Å². The maximum atomic E-state index is 12.4. The van der Waals surface area contributed by atoms with E-state index in [9.17, 15) is 4.79 Å². The summed E-state index contributed by atoms with van der Waals surface area (Å²) in [5, 5.41) is 0. The average Bonchev–Trinajstić information content (AvgIpc) is 3.02. The predicted octanol–water partition coefficient (Wildman–Crippen LogP) is 5.97. The van der Waals surface area contributed by atoms with E-state index in [4.69, 9.17) is 21.7 Å². The molecule has 0 bridgehead atoms. The number of hydrogen-bond acceptors (Lipinski definition) is 6. The molecule has 0 spiro atoms. The van der Waals surface area contributed by atoms with Crippen molar-refractivity contribution in [1.82, 2.24) is 0 Å². The molecule has 0 amide bonds. The zero-order valence-corrected chi connectivity index (χ0v) is 16.2. The van der Waals surface area contributed by atoms with Gasteiger partial charge in [-0.05, 0) is 61.9 Å². The molecule has 0 aliphatic carbocycles. The Morgan fingerprint density at radius 2 is 1.64 bits per heavy atom. The maximum Gasteiger partial charge on any atom is 0.355 e. The summed E-state index contributed by atoms with van der Waals surface area (Å²) >= 11 is 5.16. The van der Waals surface area contributed by atoms with Gasteiger partial charge in [-0.2, -0.15) is 0 Å². The lowest BCUT2D eigenvalue weighted by Gasteiger charge is -2.24. The zero-order chi connectivity index (χ0) is 17.9. The van der Waals surface area contributed by atoms with Crippen LogP contribution in [-0.2, 0) is 4.79 Å². The monoisotopic (exact) mass is 388 g/mol. The first kappa shape index (κ1) is 17.8. The lowest BCUT2D eigenvalue weighted by Crippen LogP contribution is -2.41. The van der Waals surface area contributed by atoms with Crippen LogP contribution in [-0.4, -0.2) is 11.6 Å². The molecule has 2 aromatic carbocycles. The first-order valence-corrected chi connectivity index (χ1v) is 10.2. The molecule has 0 N–H and O–H groups in total. The standard InChI is InChI=1S/C19H16O3S3/c1-19(2,22-15-6-4-3-5-7-15)18(20)21-14-10-8-13(9-11-14)16-12-17(23)25-24-16/h3-12H,1-2H3. The average molecular weight is 389 g/mol. The van der Waals surface area contributed by atoms with E-state index in [2.05, 4.69) is 0 Å². The second-order valence-electron chi connectivity index (χ2n) is 5.83. The van der Waals surface area contributed by atoms with Gasteiger partial charge in [-0.25, -0.2) is 4.79 Å². The van der Waals surface area contributed by atoms with Gasteiger partial charge in [0.1, 0.15) is 15.3 Å². The minimum atomic E-state index is -1.09. The summed E-state index contributed by atoms with van der Waals surface area (Å²) in [5.41, 5.74) is -0.0379. The lowest BCUT2D eigenvalue weighted by molar-refractivity contribution is -0.149. The van der Waals surface area contributed by atoms with E-state index in [1.807, 2.05) is 36.4 Å². The van der Waals surface area contributed by atoms with Gasteiger partial charge in [-0.15, -0.1) is 0 Å². The summed E-state index contributed by atoms with van der Waals surface area (Å²) in [6.45, 7) is 3.38. The molecule has 1 heterocycles. The fraction of sp³-hybridized carbons (Fsp3) is 0.158. The Bertz CT molecular complexity index is 909. The van der Waals surface area contributed by atoms with E-state index >= 15 is 0 Å². The van der Waals surface area contributed by atoms with E-state index in [1.165, 1.54) is 0 Å². The van der Waals surface area contributed by atoms with Crippen LogP contribution >= 0.6 is 32.9 Å². The number of ether oxygens (including phenoxy) is 2. The first-order chi connectivity index (χ1) is 11.9. The highest BCUT2D eigenvalue weighted by molar-refractivity contribution is 7.80. The Balaban J connectivity index is 1.68. The van der Waals surface area contributed by atoms with Gasteiger partial charge < -0.3 is 9.47 Å². The van der Waals surface area contributed by atoms with Crippen LogP contribution in [0, 0.1) is 3.82 Å². The predicted molar refractivity (Wildman–Crippen MR) is 105 cm³/mol. The van der Waals surface area contributed by atoms with Gasteiger partial charge in [-0.3, -0.25) is 0 Å². The molecule has 6 heteroatoms. The van der Waals surface area contributed by atoms with Crippen molar-refractivity contribution in [3.05, 3.63) is 64.5 Å². The van der Waals surface area contributed by atoms with Crippen LogP contribution in [0.4, 0.5) is 0 Å². The van der Waals surface area contributed by atoms with Crippen LogP contribution in [0.25, 0.3) is 10.4 Å². The molecule has 0 aliphatic rings. The molecule has 0 saturated carbocycles.